The second-order valence-corrected chi connectivity index (χ2v) is 6.17. The van der Waals surface area contributed by atoms with Gasteiger partial charge in [0.25, 0.3) is 0 Å². The first-order valence-electron chi connectivity index (χ1n) is 6.58. The molecule has 2 atom stereocenters. The van der Waals surface area contributed by atoms with Crippen molar-refractivity contribution in [3.8, 4) is 0 Å². The van der Waals surface area contributed by atoms with Crippen LogP contribution in [0.4, 0.5) is 8.78 Å². The second kappa shape index (κ2) is 4.96. The van der Waals surface area contributed by atoms with Crippen molar-refractivity contribution in [1.29, 1.82) is 0 Å². The van der Waals surface area contributed by atoms with Crippen LogP contribution in [0.2, 0.25) is 0 Å². The minimum Gasteiger partial charge on any atom is -0.307 e. The van der Waals surface area contributed by atoms with Gasteiger partial charge in [-0.1, -0.05) is 19.9 Å². The Balaban J connectivity index is 1.99. The molecule has 0 aliphatic heterocycles. The molecule has 1 aromatic rings. The minimum absolute atomic E-state index is 0.0546. The molecular formula is C15H21F2N. The molecule has 1 nitrogen and oxygen atoms in total. The monoisotopic (exact) mass is 253 g/mol. The molecule has 3 heteroatoms. The number of rotatable bonds is 3. The van der Waals surface area contributed by atoms with Crippen LogP contribution in [0.5, 0.6) is 0 Å². The van der Waals surface area contributed by atoms with Crippen LogP contribution >= 0.6 is 0 Å². The molecule has 0 amide bonds. The molecule has 2 unspecified atom stereocenters. The van der Waals surface area contributed by atoms with Gasteiger partial charge in [-0.3, -0.25) is 0 Å². The Kier molecular flexibility index (Phi) is 3.71. The van der Waals surface area contributed by atoms with E-state index in [4.69, 9.17) is 0 Å². The average Bonchev–Trinajstić information content (AvgIpc) is 2.62. The van der Waals surface area contributed by atoms with Crippen LogP contribution in [0, 0.1) is 17.0 Å². The lowest BCUT2D eigenvalue weighted by Gasteiger charge is -2.22. The number of nitrogens with one attached hydrogen (secondary N) is 1. The third-order valence-electron chi connectivity index (χ3n) is 3.90. The topological polar surface area (TPSA) is 12.0 Å². The summed E-state index contributed by atoms with van der Waals surface area (Å²) in [7, 11) is 0. The van der Waals surface area contributed by atoms with Crippen LogP contribution in [0.1, 0.15) is 51.6 Å². The summed E-state index contributed by atoms with van der Waals surface area (Å²) in [4.78, 5) is 0. The van der Waals surface area contributed by atoms with Gasteiger partial charge in [-0.2, -0.15) is 0 Å². The van der Waals surface area contributed by atoms with Crippen LogP contribution in [0.25, 0.3) is 0 Å². The largest absolute Gasteiger partial charge is 0.307 e. The first-order valence-corrected chi connectivity index (χ1v) is 6.58. The summed E-state index contributed by atoms with van der Waals surface area (Å²) in [5, 5.41) is 3.51. The Bertz CT molecular complexity index is 429. The summed E-state index contributed by atoms with van der Waals surface area (Å²) in [6, 6.07) is 4.66. The van der Waals surface area contributed by atoms with Crippen molar-refractivity contribution >= 4 is 0 Å². The zero-order valence-corrected chi connectivity index (χ0v) is 11.3. The highest BCUT2D eigenvalue weighted by molar-refractivity contribution is 5.21. The van der Waals surface area contributed by atoms with Gasteiger partial charge in [0.1, 0.15) is 0 Å². The van der Waals surface area contributed by atoms with Crippen molar-refractivity contribution in [2.75, 3.05) is 0 Å². The van der Waals surface area contributed by atoms with E-state index in [1.807, 2.05) is 6.92 Å². The third kappa shape index (κ3) is 3.08. The SMILES string of the molecule is CC(NC1CCC(C)(C)C1)c1ccc(F)c(F)c1. The molecular weight excluding hydrogens is 232 g/mol. The van der Waals surface area contributed by atoms with Gasteiger partial charge in [-0.15, -0.1) is 0 Å². The Morgan fingerprint density at radius 1 is 1.28 bits per heavy atom. The van der Waals surface area contributed by atoms with Crippen LogP contribution < -0.4 is 5.32 Å². The number of halogens is 2. The number of benzene rings is 1. The summed E-state index contributed by atoms with van der Waals surface area (Å²) in [5.41, 5.74) is 1.20. The van der Waals surface area contributed by atoms with Crippen molar-refractivity contribution < 1.29 is 8.78 Å². The van der Waals surface area contributed by atoms with Crippen LogP contribution in [0.15, 0.2) is 18.2 Å². The number of hydrogen-bond donors (Lipinski definition) is 1. The maximum Gasteiger partial charge on any atom is 0.159 e. The molecule has 0 heterocycles. The Morgan fingerprint density at radius 3 is 2.56 bits per heavy atom. The maximum absolute atomic E-state index is 13.2. The van der Waals surface area contributed by atoms with E-state index in [0.717, 1.165) is 18.4 Å². The zero-order chi connectivity index (χ0) is 13.3. The van der Waals surface area contributed by atoms with Crippen molar-refractivity contribution in [3.63, 3.8) is 0 Å². The van der Waals surface area contributed by atoms with E-state index < -0.39 is 11.6 Å². The zero-order valence-electron chi connectivity index (χ0n) is 11.3. The molecule has 1 saturated carbocycles. The fourth-order valence-electron chi connectivity index (χ4n) is 2.81. The fourth-order valence-corrected chi connectivity index (χ4v) is 2.81. The highest BCUT2D eigenvalue weighted by Crippen LogP contribution is 2.37. The standard InChI is InChI=1S/C15H21F2N/c1-10(11-4-5-13(16)14(17)8-11)18-12-6-7-15(2,3)9-12/h4-5,8,10,12,18H,6-7,9H2,1-3H3. The molecule has 0 bridgehead atoms. The van der Waals surface area contributed by atoms with Crippen molar-refractivity contribution in [2.45, 2.75) is 52.1 Å². The molecule has 1 aromatic carbocycles. The van der Waals surface area contributed by atoms with E-state index in [1.54, 1.807) is 6.07 Å². The van der Waals surface area contributed by atoms with E-state index in [2.05, 4.69) is 19.2 Å². The van der Waals surface area contributed by atoms with Gasteiger partial charge in [0, 0.05) is 12.1 Å². The lowest BCUT2D eigenvalue weighted by Crippen LogP contribution is -2.30. The summed E-state index contributed by atoms with van der Waals surface area (Å²) in [5.74, 6) is -1.55. The summed E-state index contributed by atoms with van der Waals surface area (Å²) in [6.45, 7) is 6.55. The molecule has 1 N–H and O–H groups in total. The van der Waals surface area contributed by atoms with E-state index in [0.29, 0.717) is 11.5 Å². The fraction of sp³-hybridized carbons (Fsp3) is 0.600. The lowest BCUT2D eigenvalue weighted by atomic mass is 9.91. The first kappa shape index (κ1) is 13.5. The molecule has 0 spiro atoms. The molecule has 0 radical (unpaired) electrons. The molecule has 1 aliphatic rings. The van der Waals surface area contributed by atoms with Crippen molar-refractivity contribution in [1.82, 2.24) is 5.32 Å². The summed E-state index contributed by atoms with van der Waals surface area (Å²) >= 11 is 0. The van der Waals surface area contributed by atoms with Crippen LogP contribution in [0.3, 0.4) is 0 Å². The molecule has 1 aliphatic carbocycles. The van der Waals surface area contributed by atoms with E-state index in [-0.39, 0.29) is 6.04 Å². The lowest BCUT2D eigenvalue weighted by molar-refractivity contribution is 0.356. The van der Waals surface area contributed by atoms with Gasteiger partial charge in [0.2, 0.25) is 0 Å². The summed E-state index contributed by atoms with van der Waals surface area (Å²) < 4.78 is 26.0. The van der Waals surface area contributed by atoms with Crippen molar-refractivity contribution in [2.24, 2.45) is 5.41 Å². The molecule has 0 saturated heterocycles. The third-order valence-corrected chi connectivity index (χ3v) is 3.90. The number of hydrogen-bond acceptors (Lipinski definition) is 1. The normalized spacial score (nSPS) is 24.2. The van der Waals surface area contributed by atoms with Gasteiger partial charge < -0.3 is 5.32 Å². The van der Waals surface area contributed by atoms with Crippen LogP contribution in [-0.4, -0.2) is 6.04 Å². The highest BCUT2D eigenvalue weighted by atomic mass is 19.2. The predicted octanol–water partition coefficient (Wildman–Crippen LogP) is 4.19. The van der Waals surface area contributed by atoms with Gasteiger partial charge in [-0.05, 0) is 49.3 Å². The maximum atomic E-state index is 13.2. The molecule has 0 aromatic heterocycles. The summed E-state index contributed by atoms with van der Waals surface area (Å²) in [6.07, 6.45) is 3.51. The first-order chi connectivity index (χ1) is 8.37. The van der Waals surface area contributed by atoms with Gasteiger partial charge in [0.05, 0.1) is 0 Å². The van der Waals surface area contributed by atoms with Crippen molar-refractivity contribution in [3.05, 3.63) is 35.4 Å². The Morgan fingerprint density at radius 2 is 2.00 bits per heavy atom. The molecule has 18 heavy (non-hydrogen) atoms. The average molecular weight is 253 g/mol. The Hall–Kier alpha value is -0.960. The second-order valence-electron chi connectivity index (χ2n) is 6.17. The van der Waals surface area contributed by atoms with E-state index >= 15 is 0 Å². The predicted molar refractivity (Wildman–Crippen MR) is 69.3 cm³/mol. The van der Waals surface area contributed by atoms with Gasteiger partial charge in [0.15, 0.2) is 11.6 Å². The smallest absolute Gasteiger partial charge is 0.159 e. The van der Waals surface area contributed by atoms with E-state index in [1.165, 1.54) is 18.6 Å². The van der Waals surface area contributed by atoms with Crippen LogP contribution in [-0.2, 0) is 0 Å². The van der Waals surface area contributed by atoms with Gasteiger partial charge in [-0.25, -0.2) is 8.78 Å². The quantitative estimate of drug-likeness (QED) is 0.851. The minimum atomic E-state index is -0.784. The molecule has 100 valence electrons. The van der Waals surface area contributed by atoms with E-state index in [9.17, 15) is 8.78 Å². The van der Waals surface area contributed by atoms with Gasteiger partial charge >= 0.3 is 0 Å². The highest BCUT2D eigenvalue weighted by Gasteiger charge is 2.31. The molecule has 1 fully saturated rings. The Labute approximate surface area is 108 Å². The molecule has 2 rings (SSSR count).